The molecule has 44 heavy (non-hydrogen) atoms. The van der Waals surface area contributed by atoms with Crippen LogP contribution in [0.3, 0.4) is 0 Å². The molecule has 0 atom stereocenters. The number of fused-ring (bicyclic) bond motifs is 6. The Morgan fingerprint density at radius 1 is 0.386 bits per heavy atom. The summed E-state index contributed by atoms with van der Waals surface area (Å²) in [4.78, 5) is 9.09. The molecule has 6 heterocycles. The second-order valence-corrected chi connectivity index (χ2v) is 9.64. The molecule has 10 nitrogen and oxygen atoms in total. The summed E-state index contributed by atoms with van der Waals surface area (Å²) in [6, 6.07) is 0. The Balaban J connectivity index is 0.000000359. The first-order valence-corrected chi connectivity index (χ1v) is 16.1. The molecule has 240 valence electrons. The van der Waals surface area contributed by atoms with Crippen molar-refractivity contribution in [3.05, 3.63) is 43.9 Å². The van der Waals surface area contributed by atoms with Crippen molar-refractivity contribution < 1.29 is 0 Å². The smallest absolute Gasteiger partial charge is 0.161 e. The molecule has 0 aromatic carbocycles. The Kier molecular flexibility index (Phi) is 15.3. The molecule has 13 heteroatoms. The molecule has 0 aliphatic rings. The molecular weight excluding hydrogens is 619 g/mol. The van der Waals surface area contributed by atoms with Gasteiger partial charge in [-0.1, -0.05) is 90.2 Å². The highest BCUT2D eigenvalue weighted by atomic mass is 35.5. The molecule has 6 rings (SSSR count). The molecular formula is C31H45Cl3N10. The second kappa shape index (κ2) is 17.3. The van der Waals surface area contributed by atoms with Crippen molar-refractivity contribution in [3.8, 4) is 0 Å². The molecule has 0 saturated carbocycles. The molecule has 6 aromatic heterocycles. The lowest BCUT2D eigenvalue weighted by Crippen LogP contribution is -1.98. The van der Waals surface area contributed by atoms with Crippen LogP contribution in [-0.4, -0.2) is 49.9 Å². The quantitative estimate of drug-likeness (QED) is 0.158. The van der Waals surface area contributed by atoms with Gasteiger partial charge in [-0.15, -0.1) is 15.3 Å². The fraction of sp³-hybridized carbons (Fsp3) is 0.484. The van der Waals surface area contributed by atoms with Gasteiger partial charge in [-0.05, 0) is 34.6 Å². The zero-order valence-electron chi connectivity index (χ0n) is 28.6. The lowest BCUT2D eigenvalue weighted by Gasteiger charge is -2.07. The van der Waals surface area contributed by atoms with Gasteiger partial charge in [0.15, 0.2) is 26.8 Å². The minimum absolute atomic E-state index is 0.310. The van der Waals surface area contributed by atoms with Crippen LogP contribution in [-0.2, 0) is 14.1 Å². The van der Waals surface area contributed by atoms with Crippen molar-refractivity contribution in [1.82, 2.24) is 49.9 Å². The van der Waals surface area contributed by atoms with Crippen molar-refractivity contribution in [1.29, 1.82) is 0 Å². The van der Waals surface area contributed by atoms with Gasteiger partial charge < -0.3 is 0 Å². The number of hydrogen-bond acceptors (Lipinski definition) is 8. The maximum absolute atomic E-state index is 6.16. The standard InChI is InChI=1S/C12H12ClN5.C11H9Cl2N5.4C2H6/c1-5-9-8(6(2)15-16-11(9)13)10-7(3)17-18(4)12(10)14-5;1-4-6-8(10(13)16-15-9(6)12)7-5(2)17-18(3)11(7)14-4;4*1-2/h1-4H3;1-3H3;4*1-2H3. The average Bonchev–Trinajstić information content (AvgIpc) is 3.48. The van der Waals surface area contributed by atoms with Crippen LogP contribution in [0.2, 0.25) is 15.5 Å². The fourth-order valence-electron chi connectivity index (χ4n) is 4.65. The molecule has 0 spiro atoms. The van der Waals surface area contributed by atoms with E-state index in [2.05, 4.69) is 40.6 Å². The SMILES string of the molecule is CC.CC.CC.CC.Cc1nc2c(c(C)nn2C)c2c(C)nnc(Cl)c12.Cc1nc2c(c(C)nn2C)c2c(Cl)nnc(Cl)c12. The highest BCUT2D eigenvalue weighted by molar-refractivity contribution is 6.40. The van der Waals surface area contributed by atoms with Gasteiger partial charge in [0.2, 0.25) is 0 Å². The Labute approximate surface area is 275 Å². The third kappa shape index (κ3) is 7.35. The molecule has 0 aliphatic carbocycles. The lowest BCUT2D eigenvalue weighted by atomic mass is 10.1. The summed E-state index contributed by atoms with van der Waals surface area (Å²) < 4.78 is 3.51. The van der Waals surface area contributed by atoms with Gasteiger partial charge in [0.05, 0.1) is 39.2 Å². The summed E-state index contributed by atoms with van der Waals surface area (Å²) in [5.41, 5.74) is 5.85. The van der Waals surface area contributed by atoms with Gasteiger partial charge in [0.25, 0.3) is 0 Å². The summed E-state index contributed by atoms with van der Waals surface area (Å²) in [5, 5.41) is 30.8. The number of rotatable bonds is 0. The number of halogens is 3. The van der Waals surface area contributed by atoms with Gasteiger partial charge in [0, 0.05) is 35.6 Å². The highest BCUT2D eigenvalue weighted by Gasteiger charge is 2.19. The van der Waals surface area contributed by atoms with Crippen molar-refractivity contribution in [3.63, 3.8) is 0 Å². The summed E-state index contributed by atoms with van der Waals surface area (Å²) in [6.07, 6.45) is 0. The van der Waals surface area contributed by atoms with E-state index in [-0.39, 0.29) is 0 Å². The van der Waals surface area contributed by atoms with Gasteiger partial charge in [-0.3, -0.25) is 9.36 Å². The Bertz CT molecular complexity index is 1720. The third-order valence-corrected chi connectivity index (χ3v) is 6.94. The van der Waals surface area contributed by atoms with E-state index in [1.54, 1.807) is 9.36 Å². The minimum atomic E-state index is 0.310. The van der Waals surface area contributed by atoms with E-state index in [0.717, 1.165) is 72.1 Å². The predicted octanol–water partition coefficient (Wildman–Crippen LogP) is 9.43. The Morgan fingerprint density at radius 2 is 0.705 bits per heavy atom. The van der Waals surface area contributed by atoms with Gasteiger partial charge in [-0.25, -0.2) is 9.97 Å². The first kappa shape index (κ1) is 38.8. The van der Waals surface area contributed by atoms with Gasteiger partial charge >= 0.3 is 0 Å². The maximum atomic E-state index is 6.16. The number of pyridine rings is 2. The molecule has 0 amide bonds. The summed E-state index contributed by atoms with van der Waals surface area (Å²) >= 11 is 18.4. The lowest BCUT2D eigenvalue weighted by molar-refractivity contribution is 0.772. The van der Waals surface area contributed by atoms with E-state index in [0.29, 0.717) is 15.5 Å². The van der Waals surface area contributed by atoms with Crippen molar-refractivity contribution in [2.75, 3.05) is 0 Å². The zero-order valence-corrected chi connectivity index (χ0v) is 30.9. The molecule has 0 fully saturated rings. The summed E-state index contributed by atoms with van der Waals surface area (Å²) in [5.74, 6) is 0. The van der Waals surface area contributed by atoms with E-state index in [1.807, 2.05) is 104 Å². The first-order valence-electron chi connectivity index (χ1n) is 14.9. The van der Waals surface area contributed by atoms with E-state index < -0.39 is 0 Å². The van der Waals surface area contributed by atoms with E-state index in [4.69, 9.17) is 34.8 Å². The molecule has 6 aromatic rings. The van der Waals surface area contributed by atoms with E-state index in [1.165, 1.54) is 0 Å². The fourth-order valence-corrected chi connectivity index (χ4v) is 5.42. The van der Waals surface area contributed by atoms with E-state index >= 15 is 0 Å². The number of aryl methyl sites for hydroxylation is 7. The van der Waals surface area contributed by atoms with Crippen LogP contribution in [0.1, 0.15) is 83.9 Å². The van der Waals surface area contributed by atoms with Crippen LogP contribution < -0.4 is 0 Å². The zero-order chi connectivity index (χ0) is 34.0. The van der Waals surface area contributed by atoms with Crippen molar-refractivity contribution in [2.24, 2.45) is 14.1 Å². The number of hydrogen-bond donors (Lipinski definition) is 0. The van der Waals surface area contributed by atoms with Crippen LogP contribution in [0.4, 0.5) is 0 Å². The number of nitrogens with zero attached hydrogens (tertiary/aromatic N) is 10. The average molecular weight is 664 g/mol. The molecule has 0 bridgehead atoms. The maximum Gasteiger partial charge on any atom is 0.161 e. The topological polar surface area (TPSA) is 113 Å². The second-order valence-electron chi connectivity index (χ2n) is 8.57. The van der Waals surface area contributed by atoms with Gasteiger partial charge in [-0.2, -0.15) is 15.3 Å². The normalized spacial score (nSPS) is 10.0. The van der Waals surface area contributed by atoms with Crippen molar-refractivity contribution >= 4 is 78.4 Å². The monoisotopic (exact) mass is 662 g/mol. The third-order valence-electron chi connectivity index (χ3n) is 6.15. The summed E-state index contributed by atoms with van der Waals surface area (Å²) in [7, 11) is 3.73. The molecule has 0 N–H and O–H groups in total. The number of aromatic nitrogens is 10. The van der Waals surface area contributed by atoms with Crippen LogP contribution in [0, 0.1) is 34.6 Å². The molecule has 0 aliphatic heterocycles. The predicted molar refractivity (Wildman–Crippen MR) is 187 cm³/mol. The van der Waals surface area contributed by atoms with Crippen LogP contribution in [0.25, 0.3) is 43.6 Å². The molecule has 0 saturated heterocycles. The van der Waals surface area contributed by atoms with Crippen LogP contribution in [0.15, 0.2) is 0 Å². The largest absolute Gasteiger partial charge is 0.250 e. The first-order chi connectivity index (χ1) is 21.0. The summed E-state index contributed by atoms with van der Waals surface area (Å²) in [6.45, 7) is 25.6. The Morgan fingerprint density at radius 3 is 1.11 bits per heavy atom. The highest BCUT2D eigenvalue weighted by Crippen LogP contribution is 2.35. The van der Waals surface area contributed by atoms with E-state index in [9.17, 15) is 0 Å². The molecule has 0 radical (unpaired) electrons. The molecule has 0 unspecified atom stereocenters. The van der Waals surface area contributed by atoms with Crippen molar-refractivity contribution in [2.45, 2.75) is 90.0 Å². The minimum Gasteiger partial charge on any atom is -0.250 e. The van der Waals surface area contributed by atoms with Gasteiger partial charge in [0.1, 0.15) is 0 Å². The van der Waals surface area contributed by atoms with Crippen LogP contribution >= 0.6 is 34.8 Å². The van der Waals surface area contributed by atoms with Crippen LogP contribution in [0.5, 0.6) is 0 Å². The Hall–Kier alpha value is -3.21.